The molecule has 1 unspecified atom stereocenters. The van der Waals surface area contributed by atoms with Crippen molar-refractivity contribution in [3.63, 3.8) is 0 Å². The van der Waals surface area contributed by atoms with E-state index in [9.17, 15) is 8.78 Å². The maximum absolute atomic E-state index is 13.9. The molecule has 5 heteroatoms. The van der Waals surface area contributed by atoms with Crippen molar-refractivity contribution < 1.29 is 13.5 Å². The second-order valence-electron chi connectivity index (χ2n) is 3.88. The predicted molar refractivity (Wildman–Crippen MR) is 77.8 cm³/mol. The number of ether oxygens (including phenoxy) is 1. The lowest BCUT2D eigenvalue weighted by molar-refractivity contribution is 0.409. The van der Waals surface area contributed by atoms with E-state index >= 15 is 0 Å². The van der Waals surface area contributed by atoms with Gasteiger partial charge in [0.05, 0.1) is 11.9 Å². The summed E-state index contributed by atoms with van der Waals surface area (Å²) in [7, 11) is 1.49. The average Bonchev–Trinajstić information content (AvgIpc) is 2.38. The molecule has 0 aliphatic rings. The molecule has 19 heavy (non-hydrogen) atoms. The fraction of sp³-hybridized carbons (Fsp3) is 0.143. The van der Waals surface area contributed by atoms with Crippen molar-refractivity contribution in [1.82, 2.24) is 0 Å². The summed E-state index contributed by atoms with van der Waals surface area (Å²) in [6.45, 7) is 0. The molecule has 1 nitrogen and oxygen atoms in total. The van der Waals surface area contributed by atoms with Crippen LogP contribution in [0.4, 0.5) is 8.78 Å². The highest BCUT2D eigenvalue weighted by molar-refractivity contribution is 9.11. The number of hydrogen-bond acceptors (Lipinski definition) is 1. The van der Waals surface area contributed by atoms with Crippen LogP contribution in [0.15, 0.2) is 40.9 Å². The van der Waals surface area contributed by atoms with Crippen molar-refractivity contribution in [3.05, 3.63) is 63.6 Å². The molecule has 0 saturated heterocycles. The molecule has 0 bridgehead atoms. The standard InChI is InChI=1S/C14H10Br2F2O/c1-19-12-6-5-8(17)7-9(12)14(16)13-10(15)3-2-4-11(13)18/h2-7,14H,1H3. The summed E-state index contributed by atoms with van der Waals surface area (Å²) in [5, 5.41) is 0. The van der Waals surface area contributed by atoms with Gasteiger partial charge in [-0.1, -0.05) is 37.9 Å². The molecule has 0 heterocycles. The first kappa shape index (κ1) is 14.5. The van der Waals surface area contributed by atoms with Gasteiger partial charge >= 0.3 is 0 Å². The lowest BCUT2D eigenvalue weighted by Gasteiger charge is -2.16. The Labute approximate surface area is 126 Å². The van der Waals surface area contributed by atoms with E-state index in [1.165, 1.54) is 31.4 Å². The molecule has 0 aliphatic carbocycles. The lowest BCUT2D eigenvalue weighted by atomic mass is 10.0. The number of hydrogen-bond donors (Lipinski definition) is 0. The van der Waals surface area contributed by atoms with E-state index in [4.69, 9.17) is 4.74 Å². The van der Waals surface area contributed by atoms with Crippen LogP contribution in [0.25, 0.3) is 0 Å². The molecule has 0 aromatic heterocycles. The minimum Gasteiger partial charge on any atom is -0.496 e. The maximum Gasteiger partial charge on any atom is 0.129 e. The summed E-state index contributed by atoms with van der Waals surface area (Å²) in [5.74, 6) is -0.270. The van der Waals surface area contributed by atoms with E-state index in [-0.39, 0.29) is 5.82 Å². The highest BCUT2D eigenvalue weighted by Crippen LogP contribution is 2.41. The van der Waals surface area contributed by atoms with Crippen LogP contribution in [-0.2, 0) is 0 Å². The van der Waals surface area contributed by atoms with Gasteiger partial charge in [-0.25, -0.2) is 8.78 Å². The minimum atomic E-state index is -0.506. The van der Waals surface area contributed by atoms with Crippen molar-refractivity contribution in [2.45, 2.75) is 4.83 Å². The van der Waals surface area contributed by atoms with Gasteiger partial charge in [-0.05, 0) is 30.3 Å². The monoisotopic (exact) mass is 390 g/mol. The van der Waals surface area contributed by atoms with Crippen molar-refractivity contribution >= 4 is 31.9 Å². The normalized spacial score (nSPS) is 12.3. The minimum absolute atomic E-state index is 0.373. The van der Waals surface area contributed by atoms with E-state index in [1.54, 1.807) is 12.1 Å². The Hall–Kier alpha value is -0.940. The van der Waals surface area contributed by atoms with Crippen LogP contribution < -0.4 is 4.74 Å². The number of alkyl halides is 1. The summed E-state index contributed by atoms with van der Waals surface area (Å²) in [4.78, 5) is -0.506. The van der Waals surface area contributed by atoms with Crippen LogP contribution in [0.2, 0.25) is 0 Å². The molecule has 100 valence electrons. The third kappa shape index (κ3) is 2.98. The number of rotatable bonds is 3. The first-order valence-corrected chi connectivity index (χ1v) is 7.17. The van der Waals surface area contributed by atoms with E-state index in [0.29, 0.717) is 21.3 Å². The molecule has 1 atom stereocenters. The Kier molecular flexibility index (Phi) is 4.58. The fourth-order valence-electron chi connectivity index (χ4n) is 1.81. The van der Waals surface area contributed by atoms with Gasteiger partial charge in [-0.2, -0.15) is 0 Å². The Balaban J connectivity index is 2.55. The highest BCUT2D eigenvalue weighted by Gasteiger charge is 2.21. The zero-order valence-corrected chi connectivity index (χ0v) is 13.1. The maximum atomic E-state index is 13.9. The largest absolute Gasteiger partial charge is 0.496 e. The Morgan fingerprint density at radius 1 is 1.16 bits per heavy atom. The van der Waals surface area contributed by atoms with Gasteiger partial charge in [0.25, 0.3) is 0 Å². The van der Waals surface area contributed by atoms with Gasteiger partial charge in [-0.15, -0.1) is 0 Å². The van der Waals surface area contributed by atoms with Crippen LogP contribution in [0.1, 0.15) is 16.0 Å². The molecule has 2 rings (SSSR count). The zero-order chi connectivity index (χ0) is 14.0. The summed E-state index contributed by atoms with van der Waals surface area (Å²) < 4.78 is 33.1. The molecule has 0 fully saturated rings. The van der Waals surface area contributed by atoms with Gasteiger partial charge in [-0.3, -0.25) is 0 Å². The first-order valence-electron chi connectivity index (χ1n) is 5.46. The molecule has 0 aliphatic heterocycles. The molecule has 2 aromatic carbocycles. The first-order chi connectivity index (χ1) is 9.04. The van der Waals surface area contributed by atoms with Crippen LogP contribution >= 0.6 is 31.9 Å². The molecule has 0 radical (unpaired) electrons. The topological polar surface area (TPSA) is 9.23 Å². The van der Waals surface area contributed by atoms with Gasteiger partial charge in [0, 0.05) is 15.6 Å². The lowest BCUT2D eigenvalue weighted by Crippen LogP contribution is -2.01. The molecular weight excluding hydrogens is 382 g/mol. The van der Waals surface area contributed by atoms with Crippen molar-refractivity contribution in [1.29, 1.82) is 0 Å². The quantitative estimate of drug-likeness (QED) is 0.651. The number of methoxy groups -OCH3 is 1. The highest BCUT2D eigenvalue weighted by atomic mass is 79.9. The van der Waals surface area contributed by atoms with E-state index in [2.05, 4.69) is 31.9 Å². The van der Waals surface area contributed by atoms with Crippen LogP contribution in [0.3, 0.4) is 0 Å². The van der Waals surface area contributed by atoms with Gasteiger partial charge in [0.15, 0.2) is 0 Å². The Morgan fingerprint density at radius 3 is 2.53 bits per heavy atom. The molecular formula is C14H10Br2F2O. The Bertz CT molecular complexity index is 582. The molecule has 2 aromatic rings. The smallest absolute Gasteiger partial charge is 0.129 e. The van der Waals surface area contributed by atoms with Crippen LogP contribution in [-0.4, -0.2) is 7.11 Å². The second-order valence-corrected chi connectivity index (χ2v) is 5.65. The number of halogens is 4. The van der Waals surface area contributed by atoms with Crippen molar-refractivity contribution in [2.75, 3.05) is 7.11 Å². The molecule has 0 N–H and O–H groups in total. The third-order valence-corrected chi connectivity index (χ3v) is 4.36. The van der Waals surface area contributed by atoms with E-state index in [1.807, 2.05) is 0 Å². The molecule has 0 amide bonds. The zero-order valence-electron chi connectivity index (χ0n) is 9.96. The third-order valence-electron chi connectivity index (χ3n) is 2.72. The SMILES string of the molecule is COc1ccc(F)cc1C(Br)c1c(F)cccc1Br. The molecule has 0 spiro atoms. The van der Waals surface area contributed by atoms with Gasteiger partial charge in [0.1, 0.15) is 17.4 Å². The van der Waals surface area contributed by atoms with Crippen LogP contribution in [0.5, 0.6) is 5.75 Å². The summed E-state index contributed by atoms with van der Waals surface area (Å²) in [6, 6.07) is 8.85. The predicted octanol–water partition coefficient (Wildman–Crippen LogP) is 5.22. The fourth-order valence-corrected chi connectivity index (χ4v) is 3.51. The average molecular weight is 392 g/mol. The van der Waals surface area contributed by atoms with Crippen molar-refractivity contribution in [2.24, 2.45) is 0 Å². The summed E-state index contributed by atoms with van der Waals surface area (Å²) in [6.07, 6.45) is 0. The second kappa shape index (κ2) is 6.01. The van der Waals surface area contributed by atoms with Gasteiger partial charge in [0.2, 0.25) is 0 Å². The number of benzene rings is 2. The molecule has 0 saturated carbocycles. The van der Waals surface area contributed by atoms with Crippen molar-refractivity contribution in [3.8, 4) is 5.75 Å². The Morgan fingerprint density at radius 2 is 1.89 bits per heavy atom. The van der Waals surface area contributed by atoms with Crippen LogP contribution in [0, 0.1) is 11.6 Å². The summed E-state index contributed by atoms with van der Waals surface area (Å²) in [5.41, 5.74) is 0.944. The van der Waals surface area contributed by atoms with Gasteiger partial charge < -0.3 is 4.74 Å². The summed E-state index contributed by atoms with van der Waals surface area (Å²) >= 11 is 6.71. The van der Waals surface area contributed by atoms with E-state index < -0.39 is 10.6 Å². The van der Waals surface area contributed by atoms with E-state index in [0.717, 1.165) is 0 Å².